The maximum Gasteiger partial charge on any atom is 0.251 e. The molecule has 2 aromatic carbocycles. The Labute approximate surface area is 132 Å². The van der Waals surface area contributed by atoms with Gasteiger partial charge in [-0.1, -0.05) is 19.1 Å². The molecule has 0 aromatic heterocycles. The quantitative estimate of drug-likeness (QED) is 0.890. The highest BCUT2D eigenvalue weighted by atomic mass is 19.2. The molecule has 0 aliphatic rings. The summed E-state index contributed by atoms with van der Waals surface area (Å²) in [5.41, 5.74) is 1.72. The minimum Gasteiger partial charge on any atom is -0.343 e. The second kappa shape index (κ2) is 7.49. The number of hydrogen-bond donors (Lipinski definition) is 2. The molecule has 0 saturated carbocycles. The van der Waals surface area contributed by atoms with Crippen molar-refractivity contribution in [1.29, 1.82) is 0 Å². The highest BCUT2D eigenvalue weighted by Crippen LogP contribution is 2.10. The summed E-state index contributed by atoms with van der Waals surface area (Å²) in [5, 5.41) is 4.98. The average molecular weight is 318 g/mol. The Morgan fingerprint density at radius 1 is 1.00 bits per heavy atom. The lowest BCUT2D eigenvalue weighted by Crippen LogP contribution is -2.32. The Kier molecular flexibility index (Phi) is 5.41. The zero-order chi connectivity index (χ0) is 16.8. The maximum atomic E-state index is 13.1. The van der Waals surface area contributed by atoms with Gasteiger partial charge in [0.05, 0.1) is 6.54 Å². The van der Waals surface area contributed by atoms with E-state index in [1.54, 1.807) is 12.1 Å². The number of carbonyl (C=O) groups is 2. The monoisotopic (exact) mass is 318 g/mol. The summed E-state index contributed by atoms with van der Waals surface area (Å²) in [4.78, 5) is 23.5. The minimum atomic E-state index is -1.11. The molecule has 0 aliphatic carbocycles. The van der Waals surface area contributed by atoms with Gasteiger partial charge in [0.2, 0.25) is 5.91 Å². The van der Waals surface area contributed by atoms with Crippen molar-refractivity contribution in [2.75, 3.05) is 11.9 Å². The first-order valence-corrected chi connectivity index (χ1v) is 7.11. The third-order valence-corrected chi connectivity index (χ3v) is 3.24. The maximum absolute atomic E-state index is 13.1. The van der Waals surface area contributed by atoms with Crippen molar-refractivity contribution in [1.82, 2.24) is 5.32 Å². The Morgan fingerprint density at radius 2 is 1.70 bits per heavy atom. The molecule has 2 aromatic rings. The predicted molar refractivity (Wildman–Crippen MR) is 83.1 cm³/mol. The van der Waals surface area contributed by atoms with Gasteiger partial charge in [-0.25, -0.2) is 8.78 Å². The van der Waals surface area contributed by atoms with Gasteiger partial charge in [-0.2, -0.15) is 0 Å². The van der Waals surface area contributed by atoms with E-state index in [0.29, 0.717) is 5.69 Å². The zero-order valence-corrected chi connectivity index (χ0v) is 12.5. The smallest absolute Gasteiger partial charge is 0.251 e. The topological polar surface area (TPSA) is 58.2 Å². The van der Waals surface area contributed by atoms with Gasteiger partial charge in [0.1, 0.15) is 0 Å². The molecular formula is C17H16F2N2O2. The van der Waals surface area contributed by atoms with Gasteiger partial charge in [0.25, 0.3) is 5.91 Å². The Balaban J connectivity index is 1.87. The van der Waals surface area contributed by atoms with E-state index in [1.807, 2.05) is 19.1 Å². The molecule has 0 aliphatic heterocycles. The molecular weight excluding hydrogens is 302 g/mol. The van der Waals surface area contributed by atoms with Gasteiger partial charge in [0, 0.05) is 11.3 Å². The van der Waals surface area contributed by atoms with Gasteiger partial charge in [0.15, 0.2) is 11.6 Å². The van der Waals surface area contributed by atoms with E-state index in [2.05, 4.69) is 10.6 Å². The normalized spacial score (nSPS) is 10.2. The van der Waals surface area contributed by atoms with Crippen molar-refractivity contribution in [3.05, 3.63) is 65.2 Å². The molecule has 0 unspecified atom stereocenters. The van der Waals surface area contributed by atoms with Crippen LogP contribution in [0.15, 0.2) is 42.5 Å². The molecule has 0 fully saturated rings. The number of anilines is 1. The van der Waals surface area contributed by atoms with Crippen LogP contribution in [0.1, 0.15) is 22.8 Å². The molecule has 120 valence electrons. The summed E-state index contributed by atoms with van der Waals surface area (Å²) >= 11 is 0. The number of halogens is 2. The van der Waals surface area contributed by atoms with Crippen LogP contribution in [0.25, 0.3) is 0 Å². The first-order chi connectivity index (χ1) is 11.0. The number of rotatable bonds is 5. The number of nitrogens with one attached hydrogen (secondary N) is 2. The molecule has 0 spiro atoms. The van der Waals surface area contributed by atoms with E-state index in [0.717, 1.165) is 30.2 Å². The van der Waals surface area contributed by atoms with Crippen LogP contribution in [0.4, 0.5) is 14.5 Å². The van der Waals surface area contributed by atoms with Gasteiger partial charge in [-0.3, -0.25) is 9.59 Å². The fourth-order valence-corrected chi connectivity index (χ4v) is 1.93. The second-order valence-corrected chi connectivity index (χ2v) is 4.91. The molecule has 0 heterocycles. The third kappa shape index (κ3) is 4.60. The lowest BCUT2D eigenvalue weighted by atomic mass is 10.1. The number of aryl methyl sites for hydroxylation is 1. The van der Waals surface area contributed by atoms with Crippen LogP contribution in [0.5, 0.6) is 0 Å². The summed E-state index contributed by atoms with van der Waals surface area (Å²) in [6, 6.07) is 10.1. The van der Waals surface area contributed by atoms with Gasteiger partial charge in [-0.15, -0.1) is 0 Å². The number of amides is 2. The Hall–Kier alpha value is -2.76. The fraction of sp³-hybridized carbons (Fsp3) is 0.176. The zero-order valence-electron chi connectivity index (χ0n) is 12.5. The highest BCUT2D eigenvalue weighted by molar-refractivity contribution is 5.99. The van der Waals surface area contributed by atoms with E-state index in [9.17, 15) is 18.4 Å². The molecule has 4 nitrogen and oxygen atoms in total. The predicted octanol–water partition coefficient (Wildman–Crippen LogP) is 2.90. The highest BCUT2D eigenvalue weighted by Gasteiger charge is 2.11. The first-order valence-electron chi connectivity index (χ1n) is 7.11. The van der Waals surface area contributed by atoms with Gasteiger partial charge >= 0.3 is 0 Å². The summed E-state index contributed by atoms with van der Waals surface area (Å²) in [6.45, 7) is 1.76. The summed E-state index contributed by atoms with van der Waals surface area (Å²) < 4.78 is 25.9. The molecule has 2 amide bonds. The van der Waals surface area contributed by atoms with Crippen LogP contribution in [0.2, 0.25) is 0 Å². The lowest BCUT2D eigenvalue weighted by Gasteiger charge is -2.08. The summed E-state index contributed by atoms with van der Waals surface area (Å²) in [6.07, 6.45) is 0.901. The summed E-state index contributed by atoms with van der Waals surface area (Å²) in [7, 11) is 0. The van der Waals surface area contributed by atoms with Crippen LogP contribution in [-0.4, -0.2) is 18.4 Å². The Morgan fingerprint density at radius 3 is 2.30 bits per heavy atom. The lowest BCUT2D eigenvalue weighted by molar-refractivity contribution is -0.115. The largest absolute Gasteiger partial charge is 0.343 e. The number of hydrogen-bond acceptors (Lipinski definition) is 2. The van der Waals surface area contributed by atoms with E-state index < -0.39 is 23.4 Å². The van der Waals surface area contributed by atoms with E-state index in [1.165, 1.54) is 0 Å². The molecule has 0 saturated heterocycles. The van der Waals surface area contributed by atoms with Crippen molar-refractivity contribution in [3.63, 3.8) is 0 Å². The molecule has 23 heavy (non-hydrogen) atoms. The number of carbonyl (C=O) groups excluding carboxylic acids is 2. The molecule has 0 radical (unpaired) electrons. The van der Waals surface area contributed by atoms with Crippen molar-refractivity contribution in [2.24, 2.45) is 0 Å². The SMILES string of the molecule is CCc1ccc(NC(=O)CNC(=O)c2ccc(F)c(F)c2)cc1. The van der Waals surface area contributed by atoms with Crippen molar-refractivity contribution < 1.29 is 18.4 Å². The number of benzene rings is 2. The fourth-order valence-electron chi connectivity index (χ4n) is 1.93. The molecule has 2 rings (SSSR count). The Bertz CT molecular complexity index is 715. The van der Waals surface area contributed by atoms with Crippen LogP contribution < -0.4 is 10.6 Å². The van der Waals surface area contributed by atoms with Crippen LogP contribution in [0.3, 0.4) is 0 Å². The summed E-state index contributed by atoms with van der Waals surface area (Å²) in [5.74, 6) is -3.21. The van der Waals surface area contributed by atoms with Crippen molar-refractivity contribution in [3.8, 4) is 0 Å². The second-order valence-electron chi connectivity index (χ2n) is 4.91. The van der Waals surface area contributed by atoms with E-state index >= 15 is 0 Å². The van der Waals surface area contributed by atoms with Gasteiger partial charge < -0.3 is 10.6 Å². The van der Waals surface area contributed by atoms with Crippen LogP contribution in [0, 0.1) is 11.6 Å². The van der Waals surface area contributed by atoms with Crippen molar-refractivity contribution in [2.45, 2.75) is 13.3 Å². The van der Waals surface area contributed by atoms with E-state index in [-0.39, 0.29) is 12.1 Å². The molecule has 6 heteroatoms. The molecule has 2 N–H and O–H groups in total. The molecule has 0 atom stereocenters. The van der Waals surface area contributed by atoms with Crippen LogP contribution in [-0.2, 0) is 11.2 Å². The van der Waals surface area contributed by atoms with Crippen molar-refractivity contribution >= 4 is 17.5 Å². The van der Waals surface area contributed by atoms with Crippen LogP contribution >= 0.6 is 0 Å². The minimum absolute atomic E-state index is 0.0519. The van der Waals surface area contributed by atoms with Gasteiger partial charge in [-0.05, 0) is 42.3 Å². The standard InChI is InChI=1S/C17H16F2N2O2/c1-2-11-3-6-13(7-4-11)21-16(22)10-20-17(23)12-5-8-14(18)15(19)9-12/h3-9H,2,10H2,1H3,(H,20,23)(H,21,22). The van der Waals surface area contributed by atoms with E-state index in [4.69, 9.17) is 0 Å². The average Bonchev–Trinajstić information content (AvgIpc) is 2.56. The first kappa shape index (κ1) is 16.6. The third-order valence-electron chi connectivity index (χ3n) is 3.24. The molecule has 0 bridgehead atoms.